The Balaban J connectivity index is 0.00000288. The molecule has 24 heavy (non-hydrogen) atoms. The normalized spacial score (nSPS) is 21.7. The molecular formula is C17H32ClN3O3. The number of hydrogen-bond donors (Lipinski definition) is 1. The number of carbonyl (C=O) groups is 2. The van der Waals surface area contributed by atoms with Crippen LogP contribution >= 0.6 is 12.4 Å². The van der Waals surface area contributed by atoms with E-state index in [1.54, 1.807) is 4.90 Å². The molecule has 0 bridgehead atoms. The molecule has 2 aliphatic rings. The van der Waals surface area contributed by atoms with E-state index in [-0.39, 0.29) is 36.4 Å². The van der Waals surface area contributed by atoms with E-state index in [1.807, 2.05) is 11.8 Å². The summed E-state index contributed by atoms with van der Waals surface area (Å²) in [4.78, 5) is 28.7. The molecule has 2 aliphatic heterocycles. The van der Waals surface area contributed by atoms with E-state index < -0.39 is 0 Å². The lowest BCUT2D eigenvalue weighted by Gasteiger charge is -2.35. The van der Waals surface area contributed by atoms with E-state index in [4.69, 9.17) is 10.5 Å². The van der Waals surface area contributed by atoms with Crippen molar-refractivity contribution >= 4 is 24.2 Å². The Labute approximate surface area is 151 Å². The number of nitrogens with two attached hydrogens (primary N) is 1. The Kier molecular flexibility index (Phi) is 9.63. The van der Waals surface area contributed by atoms with Crippen molar-refractivity contribution in [3.05, 3.63) is 0 Å². The molecule has 0 aromatic carbocycles. The van der Waals surface area contributed by atoms with Gasteiger partial charge in [-0.1, -0.05) is 6.92 Å². The molecule has 2 fully saturated rings. The van der Waals surface area contributed by atoms with Crippen LogP contribution in [0.2, 0.25) is 0 Å². The molecule has 0 aliphatic carbocycles. The molecule has 0 aromatic heterocycles. The maximum absolute atomic E-state index is 12.8. The van der Waals surface area contributed by atoms with Gasteiger partial charge in [0, 0.05) is 32.7 Å². The van der Waals surface area contributed by atoms with E-state index in [2.05, 4.69) is 0 Å². The first kappa shape index (κ1) is 21.2. The van der Waals surface area contributed by atoms with Crippen molar-refractivity contribution in [3.63, 3.8) is 0 Å². The Hall–Kier alpha value is -0.850. The van der Waals surface area contributed by atoms with Crippen LogP contribution in [-0.2, 0) is 14.3 Å². The number of piperidine rings is 1. The monoisotopic (exact) mass is 361 g/mol. The average Bonchev–Trinajstić information content (AvgIpc) is 3.05. The van der Waals surface area contributed by atoms with Crippen LogP contribution < -0.4 is 5.73 Å². The summed E-state index contributed by atoms with van der Waals surface area (Å²) in [6, 6.07) is -0.233. The Morgan fingerprint density at radius 2 is 1.88 bits per heavy atom. The predicted octanol–water partition coefficient (Wildman–Crippen LogP) is 1.56. The number of nitrogens with zero attached hydrogens (tertiary/aromatic N) is 2. The SMILES string of the molecule is CCCC(=O)N1CCCC1C(=O)N1CCC(OCCCN)CC1.Cl. The molecular weight excluding hydrogens is 330 g/mol. The molecule has 1 unspecified atom stereocenters. The number of amides is 2. The minimum absolute atomic E-state index is 0. The summed E-state index contributed by atoms with van der Waals surface area (Å²) in [5, 5.41) is 0. The number of likely N-dealkylation sites (tertiary alicyclic amines) is 2. The third kappa shape index (κ3) is 5.60. The van der Waals surface area contributed by atoms with Crippen molar-refractivity contribution in [2.45, 2.75) is 64.0 Å². The fourth-order valence-electron chi connectivity index (χ4n) is 3.47. The highest BCUT2D eigenvalue weighted by molar-refractivity contribution is 5.88. The van der Waals surface area contributed by atoms with Gasteiger partial charge in [0.25, 0.3) is 0 Å². The third-order valence-electron chi connectivity index (χ3n) is 4.78. The smallest absolute Gasteiger partial charge is 0.245 e. The van der Waals surface area contributed by atoms with Gasteiger partial charge < -0.3 is 20.3 Å². The maximum atomic E-state index is 12.8. The fourth-order valence-corrected chi connectivity index (χ4v) is 3.47. The largest absolute Gasteiger partial charge is 0.378 e. The van der Waals surface area contributed by atoms with Crippen LogP contribution in [0.3, 0.4) is 0 Å². The molecule has 1 atom stereocenters. The van der Waals surface area contributed by atoms with Crippen molar-refractivity contribution in [1.82, 2.24) is 9.80 Å². The van der Waals surface area contributed by atoms with Gasteiger partial charge in [-0.25, -0.2) is 0 Å². The van der Waals surface area contributed by atoms with Crippen LogP contribution in [0.4, 0.5) is 0 Å². The van der Waals surface area contributed by atoms with Crippen LogP contribution in [-0.4, -0.2) is 66.5 Å². The molecule has 0 spiro atoms. The quantitative estimate of drug-likeness (QED) is 0.698. The summed E-state index contributed by atoms with van der Waals surface area (Å²) in [5.74, 6) is 0.260. The van der Waals surface area contributed by atoms with Crippen LogP contribution in [0.1, 0.15) is 51.9 Å². The van der Waals surface area contributed by atoms with Gasteiger partial charge in [-0.05, 0) is 45.1 Å². The minimum atomic E-state index is -0.233. The molecule has 0 aromatic rings. The van der Waals surface area contributed by atoms with E-state index in [1.165, 1.54) is 0 Å². The summed E-state index contributed by atoms with van der Waals surface area (Å²) in [6.45, 7) is 5.56. The van der Waals surface area contributed by atoms with Gasteiger partial charge in [-0.15, -0.1) is 12.4 Å². The van der Waals surface area contributed by atoms with Crippen LogP contribution in [0.5, 0.6) is 0 Å². The topological polar surface area (TPSA) is 75.9 Å². The lowest BCUT2D eigenvalue weighted by molar-refractivity contribution is -0.145. The third-order valence-corrected chi connectivity index (χ3v) is 4.78. The van der Waals surface area contributed by atoms with Crippen LogP contribution in [0.25, 0.3) is 0 Å². The molecule has 2 N–H and O–H groups in total. The highest BCUT2D eigenvalue weighted by Crippen LogP contribution is 2.23. The molecule has 2 rings (SSSR count). The molecule has 7 heteroatoms. The van der Waals surface area contributed by atoms with Gasteiger partial charge in [-0.2, -0.15) is 0 Å². The van der Waals surface area contributed by atoms with Gasteiger partial charge in [0.15, 0.2) is 0 Å². The number of hydrogen-bond acceptors (Lipinski definition) is 4. The molecule has 6 nitrogen and oxygen atoms in total. The average molecular weight is 362 g/mol. The van der Waals surface area contributed by atoms with Gasteiger partial charge in [0.05, 0.1) is 6.10 Å². The van der Waals surface area contributed by atoms with E-state index >= 15 is 0 Å². The summed E-state index contributed by atoms with van der Waals surface area (Å²) in [5.41, 5.74) is 5.47. The Morgan fingerprint density at radius 1 is 1.17 bits per heavy atom. The molecule has 2 amide bonds. The number of halogens is 1. The summed E-state index contributed by atoms with van der Waals surface area (Å²) >= 11 is 0. The lowest BCUT2D eigenvalue weighted by Crippen LogP contribution is -2.50. The number of ether oxygens (including phenoxy) is 1. The number of carbonyl (C=O) groups excluding carboxylic acids is 2. The highest BCUT2D eigenvalue weighted by Gasteiger charge is 2.37. The van der Waals surface area contributed by atoms with Crippen molar-refractivity contribution in [2.24, 2.45) is 5.73 Å². The summed E-state index contributed by atoms with van der Waals surface area (Å²) in [6.07, 6.45) is 6.01. The van der Waals surface area contributed by atoms with E-state index in [0.29, 0.717) is 19.6 Å². The first-order valence-electron chi connectivity index (χ1n) is 9.07. The van der Waals surface area contributed by atoms with Crippen molar-refractivity contribution in [2.75, 3.05) is 32.8 Å². The zero-order chi connectivity index (χ0) is 16.7. The van der Waals surface area contributed by atoms with E-state index in [9.17, 15) is 9.59 Å². The van der Waals surface area contributed by atoms with Crippen molar-refractivity contribution in [1.29, 1.82) is 0 Å². The molecule has 0 radical (unpaired) electrons. The second-order valence-electron chi connectivity index (χ2n) is 6.53. The molecule has 2 heterocycles. The predicted molar refractivity (Wildman–Crippen MR) is 96.1 cm³/mol. The molecule has 0 saturated carbocycles. The van der Waals surface area contributed by atoms with Crippen molar-refractivity contribution < 1.29 is 14.3 Å². The number of rotatable bonds is 7. The summed E-state index contributed by atoms with van der Waals surface area (Å²) in [7, 11) is 0. The van der Waals surface area contributed by atoms with Crippen LogP contribution in [0, 0.1) is 0 Å². The van der Waals surface area contributed by atoms with Gasteiger partial charge in [-0.3, -0.25) is 9.59 Å². The second kappa shape index (κ2) is 10.9. The second-order valence-corrected chi connectivity index (χ2v) is 6.53. The van der Waals surface area contributed by atoms with Crippen molar-refractivity contribution in [3.8, 4) is 0 Å². The minimum Gasteiger partial charge on any atom is -0.378 e. The molecule has 2 saturated heterocycles. The highest BCUT2D eigenvalue weighted by atomic mass is 35.5. The van der Waals surface area contributed by atoms with Gasteiger partial charge in [0.1, 0.15) is 6.04 Å². The Bertz CT molecular complexity index is 401. The first-order chi connectivity index (χ1) is 11.2. The van der Waals surface area contributed by atoms with E-state index in [0.717, 1.165) is 58.2 Å². The Morgan fingerprint density at radius 3 is 2.50 bits per heavy atom. The van der Waals surface area contributed by atoms with Crippen LogP contribution in [0.15, 0.2) is 0 Å². The van der Waals surface area contributed by atoms with Gasteiger partial charge >= 0.3 is 0 Å². The maximum Gasteiger partial charge on any atom is 0.245 e. The lowest BCUT2D eigenvalue weighted by atomic mass is 10.1. The fraction of sp³-hybridized carbons (Fsp3) is 0.882. The zero-order valence-corrected chi connectivity index (χ0v) is 15.6. The standard InChI is InChI=1S/C17H31N3O3.ClH/c1-2-5-16(21)20-10-3-6-15(20)17(22)19-11-7-14(8-12-19)23-13-4-9-18;/h14-15H,2-13,18H2,1H3;1H. The molecule has 140 valence electrons. The van der Waals surface area contributed by atoms with Gasteiger partial charge in [0.2, 0.25) is 11.8 Å². The zero-order valence-electron chi connectivity index (χ0n) is 14.7. The summed E-state index contributed by atoms with van der Waals surface area (Å²) < 4.78 is 5.79. The first-order valence-corrected chi connectivity index (χ1v) is 9.07.